The molecule has 0 aliphatic rings. The minimum atomic E-state index is -4.00. The van der Waals surface area contributed by atoms with E-state index in [2.05, 4.69) is 10.2 Å². The average Bonchev–Trinajstić information content (AvgIpc) is 2.65. The highest BCUT2D eigenvalue weighted by molar-refractivity contribution is 7.90. The molecule has 3 N–H and O–H groups in total. The first kappa shape index (κ1) is 22.7. The summed E-state index contributed by atoms with van der Waals surface area (Å²) in [6.07, 6.45) is -0.967. The quantitative estimate of drug-likeness (QED) is 0.576. The van der Waals surface area contributed by atoms with Gasteiger partial charge in [0.25, 0.3) is 15.6 Å². The lowest BCUT2D eigenvalue weighted by atomic mass is 10.1. The smallest absolute Gasteiger partial charge is 0.281 e. The number of aliphatic hydroxyl groups is 1. The van der Waals surface area contributed by atoms with Crippen LogP contribution in [-0.4, -0.2) is 35.2 Å². The predicted octanol–water partition coefficient (Wildman–Crippen LogP) is 1.35. The Bertz CT molecular complexity index is 1210. The van der Waals surface area contributed by atoms with Crippen molar-refractivity contribution in [2.45, 2.75) is 38.3 Å². The first-order chi connectivity index (χ1) is 14.0. The van der Waals surface area contributed by atoms with Crippen LogP contribution in [0.1, 0.15) is 25.0 Å². The van der Waals surface area contributed by atoms with Gasteiger partial charge < -0.3 is 10.2 Å². The Morgan fingerprint density at radius 2 is 1.90 bits per heavy atom. The van der Waals surface area contributed by atoms with Gasteiger partial charge in [-0.3, -0.25) is 14.2 Å². The minimum absolute atomic E-state index is 0.107. The van der Waals surface area contributed by atoms with E-state index in [-0.39, 0.29) is 33.9 Å². The highest BCUT2D eigenvalue weighted by atomic mass is 32.2. The predicted molar refractivity (Wildman–Crippen MR) is 105 cm³/mol. The number of pyridine rings is 1. The lowest BCUT2D eigenvalue weighted by Crippen LogP contribution is -2.28. The topological polar surface area (TPSA) is 174 Å². The van der Waals surface area contributed by atoms with Crippen LogP contribution in [0.15, 0.2) is 44.2 Å². The summed E-state index contributed by atoms with van der Waals surface area (Å²) in [7, 11) is -4.00. The zero-order chi connectivity index (χ0) is 22.6. The first-order valence-corrected chi connectivity index (χ1v) is 10.1. The van der Waals surface area contributed by atoms with Gasteiger partial charge in [-0.1, -0.05) is 0 Å². The molecule has 11 nitrogen and oxygen atoms in total. The van der Waals surface area contributed by atoms with Crippen LogP contribution >= 0.6 is 0 Å². The van der Waals surface area contributed by atoms with Gasteiger partial charge in [0.2, 0.25) is 11.8 Å². The summed E-state index contributed by atoms with van der Waals surface area (Å²) in [5.74, 6) is -1.31. The molecule has 1 aromatic carbocycles. The van der Waals surface area contributed by atoms with Gasteiger partial charge in [0.15, 0.2) is 5.69 Å². The summed E-state index contributed by atoms with van der Waals surface area (Å²) in [5.41, 5.74) is -0.834. The van der Waals surface area contributed by atoms with Crippen molar-refractivity contribution in [3.05, 3.63) is 45.7 Å². The van der Waals surface area contributed by atoms with Crippen molar-refractivity contribution in [1.82, 2.24) is 9.29 Å². The van der Waals surface area contributed by atoms with Crippen LogP contribution in [0, 0.1) is 18.3 Å². The summed E-state index contributed by atoms with van der Waals surface area (Å²) < 4.78 is 26.5. The van der Waals surface area contributed by atoms with Crippen molar-refractivity contribution in [3.63, 3.8) is 0 Å². The van der Waals surface area contributed by atoms with Gasteiger partial charge in [-0.05, 0) is 38.1 Å². The van der Waals surface area contributed by atoms with Crippen LogP contribution in [0.4, 0.5) is 11.4 Å². The Hall–Kier alpha value is -3.56. The Balaban J connectivity index is 2.46. The molecule has 1 aromatic heterocycles. The lowest BCUT2D eigenvalue weighted by molar-refractivity contribution is -0.117. The number of aromatic nitrogens is 1. The number of aliphatic hydroxyl groups excluding tert-OH is 1. The van der Waals surface area contributed by atoms with Gasteiger partial charge in [-0.2, -0.15) is 10.4 Å². The third-order valence-electron chi connectivity index (χ3n) is 3.91. The van der Waals surface area contributed by atoms with Crippen molar-refractivity contribution < 1.29 is 23.4 Å². The number of rotatable bonds is 6. The van der Waals surface area contributed by atoms with E-state index in [1.54, 1.807) is 6.07 Å². The first-order valence-electron chi connectivity index (χ1n) is 8.57. The molecule has 30 heavy (non-hydrogen) atoms. The number of azo groups is 1. The lowest BCUT2D eigenvalue weighted by Gasteiger charge is -2.14. The molecule has 0 unspecified atom stereocenters. The van der Waals surface area contributed by atoms with E-state index >= 15 is 0 Å². The van der Waals surface area contributed by atoms with Crippen LogP contribution in [0.5, 0.6) is 5.88 Å². The van der Waals surface area contributed by atoms with Crippen molar-refractivity contribution in [3.8, 4) is 11.9 Å². The van der Waals surface area contributed by atoms with Gasteiger partial charge in [0.05, 0.1) is 23.2 Å². The number of hydrogen-bond acceptors (Lipinski definition) is 9. The van der Waals surface area contributed by atoms with Crippen molar-refractivity contribution in [1.29, 1.82) is 5.26 Å². The third-order valence-corrected chi connectivity index (χ3v) is 5.36. The summed E-state index contributed by atoms with van der Waals surface area (Å²) in [6, 6.07) is 6.82. The number of benzene rings is 1. The van der Waals surface area contributed by atoms with Gasteiger partial charge in [0.1, 0.15) is 11.6 Å². The molecule has 2 aromatic rings. The van der Waals surface area contributed by atoms with Crippen LogP contribution in [-0.2, 0) is 21.4 Å². The number of aromatic hydroxyl groups is 1. The summed E-state index contributed by atoms with van der Waals surface area (Å²) in [4.78, 5) is 23.5. The Kier molecular flexibility index (Phi) is 6.70. The van der Waals surface area contributed by atoms with Crippen LogP contribution in [0.3, 0.4) is 0 Å². The number of nitrogens with zero attached hydrogens (tertiary/aromatic N) is 4. The Morgan fingerprint density at radius 3 is 2.40 bits per heavy atom. The van der Waals surface area contributed by atoms with Gasteiger partial charge in [-0.25, -0.2) is 13.1 Å². The van der Waals surface area contributed by atoms with Crippen molar-refractivity contribution >= 4 is 27.3 Å². The number of carbonyl (C=O) groups is 1. The average molecular weight is 433 g/mol. The normalized spacial score (nSPS) is 12.5. The molecular weight excluding hydrogens is 414 g/mol. The fourth-order valence-electron chi connectivity index (χ4n) is 2.54. The van der Waals surface area contributed by atoms with Crippen molar-refractivity contribution in [2.75, 3.05) is 0 Å². The van der Waals surface area contributed by atoms with Gasteiger partial charge in [0, 0.05) is 12.5 Å². The number of sulfonamides is 1. The summed E-state index contributed by atoms with van der Waals surface area (Å²) in [6.45, 7) is 3.65. The largest absolute Gasteiger partial charge is 0.493 e. The monoisotopic (exact) mass is 433 g/mol. The van der Waals surface area contributed by atoms with Crippen molar-refractivity contribution in [2.24, 2.45) is 10.2 Å². The molecule has 2 rings (SSSR count). The molecular formula is C18H19N5O6S. The van der Waals surface area contributed by atoms with E-state index in [1.165, 1.54) is 38.1 Å². The van der Waals surface area contributed by atoms with E-state index < -0.39 is 33.5 Å². The molecule has 0 bridgehead atoms. The third kappa shape index (κ3) is 4.88. The maximum Gasteiger partial charge on any atom is 0.281 e. The number of hydrogen-bond donors (Lipinski definition) is 3. The van der Waals surface area contributed by atoms with E-state index in [4.69, 9.17) is 0 Å². The molecule has 1 heterocycles. The minimum Gasteiger partial charge on any atom is -0.493 e. The molecule has 0 fully saturated rings. The Labute approximate surface area is 172 Å². The highest BCUT2D eigenvalue weighted by Gasteiger charge is 2.20. The Morgan fingerprint density at radius 1 is 1.30 bits per heavy atom. The zero-order valence-corrected chi connectivity index (χ0v) is 17.1. The summed E-state index contributed by atoms with van der Waals surface area (Å²) >= 11 is 0. The summed E-state index contributed by atoms with van der Waals surface area (Å²) in [5, 5.41) is 36.7. The molecule has 1 amide bonds. The maximum absolute atomic E-state index is 12.6. The number of amides is 1. The van der Waals surface area contributed by atoms with Crippen LogP contribution in [0.25, 0.3) is 0 Å². The highest BCUT2D eigenvalue weighted by Crippen LogP contribution is 2.27. The molecule has 0 aliphatic heterocycles. The zero-order valence-electron chi connectivity index (χ0n) is 16.3. The van der Waals surface area contributed by atoms with Crippen LogP contribution < -0.4 is 10.3 Å². The molecule has 0 radical (unpaired) electrons. The molecule has 0 spiro atoms. The van der Waals surface area contributed by atoms with Crippen LogP contribution in [0.2, 0.25) is 0 Å². The van der Waals surface area contributed by atoms with Gasteiger partial charge >= 0.3 is 0 Å². The second-order valence-electron chi connectivity index (χ2n) is 6.40. The maximum atomic E-state index is 12.6. The molecule has 0 saturated heterocycles. The second-order valence-corrected chi connectivity index (χ2v) is 8.09. The molecule has 158 valence electrons. The SMILES string of the molecule is CC(=O)NS(=O)(=O)c1ccc(N=Nc2c(C)c(C#N)c(O)n(C[C@H](C)O)c2=O)cc1. The standard InChI is InChI=1S/C18H19N5O6S/c1-10(24)9-23-17(26)15(8-19)11(2)16(18(23)27)21-20-13-4-6-14(7-5-13)30(28,29)22-12(3)25/h4-7,10,24,26H,9H2,1-3H3,(H,22,25)/t10-/m0/s1. The van der Waals surface area contributed by atoms with E-state index in [9.17, 15) is 33.5 Å². The van der Waals surface area contributed by atoms with Gasteiger partial charge in [-0.15, -0.1) is 5.11 Å². The van der Waals surface area contributed by atoms with E-state index in [0.717, 1.165) is 11.5 Å². The number of nitriles is 1. The molecule has 0 aliphatic carbocycles. The fourth-order valence-corrected chi connectivity index (χ4v) is 3.53. The second kappa shape index (κ2) is 8.85. The fraction of sp³-hybridized carbons (Fsp3) is 0.278. The van der Waals surface area contributed by atoms with E-state index in [1.807, 2.05) is 4.72 Å². The molecule has 12 heteroatoms. The number of carbonyl (C=O) groups excluding carboxylic acids is 1. The molecule has 1 atom stereocenters. The van der Waals surface area contributed by atoms with E-state index in [0.29, 0.717) is 0 Å². The number of nitrogens with one attached hydrogen (secondary N) is 1. The molecule has 0 saturated carbocycles.